The third kappa shape index (κ3) is 13.1. The molecule has 0 aliphatic carbocycles. The number of hydrogen-bond donors (Lipinski definition) is 2. The Bertz CT molecular complexity index is 211. The van der Waals surface area contributed by atoms with Crippen molar-refractivity contribution in [3.05, 3.63) is 0 Å². The standard InChI is InChI=1S/C13H30N4S.HI/c1-5-17(6-2)11-8-7-9-15-13(14-3)16-10-12-18-4;/h5-12H2,1-4H3,(H2,14,15,16);1H. The van der Waals surface area contributed by atoms with Gasteiger partial charge >= 0.3 is 0 Å². The van der Waals surface area contributed by atoms with E-state index in [4.69, 9.17) is 0 Å². The van der Waals surface area contributed by atoms with E-state index < -0.39 is 0 Å². The normalized spacial score (nSPS) is 11.3. The molecule has 0 aromatic carbocycles. The van der Waals surface area contributed by atoms with Gasteiger partial charge in [-0.25, -0.2) is 0 Å². The zero-order chi connectivity index (χ0) is 13.6. The molecule has 6 heteroatoms. The van der Waals surface area contributed by atoms with Crippen molar-refractivity contribution < 1.29 is 0 Å². The molecule has 0 fully saturated rings. The largest absolute Gasteiger partial charge is 0.356 e. The van der Waals surface area contributed by atoms with Crippen LogP contribution in [-0.4, -0.2) is 62.6 Å². The van der Waals surface area contributed by atoms with Crippen LogP contribution in [0.2, 0.25) is 0 Å². The van der Waals surface area contributed by atoms with Gasteiger partial charge in [-0.3, -0.25) is 4.99 Å². The van der Waals surface area contributed by atoms with E-state index in [2.05, 4.69) is 40.6 Å². The second kappa shape index (κ2) is 16.4. The van der Waals surface area contributed by atoms with Gasteiger partial charge in [0.1, 0.15) is 0 Å². The van der Waals surface area contributed by atoms with Crippen molar-refractivity contribution in [1.82, 2.24) is 15.5 Å². The lowest BCUT2D eigenvalue weighted by molar-refractivity contribution is 0.297. The minimum atomic E-state index is 0. The fourth-order valence-corrected chi connectivity index (χ4v) is 2.01. The van der Waals surface area contributed by atoms with Crippen LogP contribution in [0.25, 0.3) is 0 Å². The van der Waals surface area contributed by atoms with Gasteiger partial charge in [0, 0.05) is 25.9 Å². The second-order valence-electron chi connectivity index (χ2n) is 4.15. The summed E-state index contributed by atoms with van der Waals surface area (Å²) in [6.45, 7) is 9.93. The monoisotopic (exact) mass is 402 g/mol. The van der Waals surface area contributed by atoms with Crippen molar-refractivity contribution >= 4 is 41.7 Å². The number of nitrogens with one attached hydrogen (secondary N) is 2. The summed E-state index contributed by atoms with van der Waals surface area (Å²) in [7, 11) is 1.82. The lowest BCUT2D eigenvalue weighted by Gasteiger charge is -2.17. The number of nitrogens with zero attached hydrogens (tertiary/aromatic N) is 2. The van der Waals surface area contributed by atoms with E-state index in [0.29, 0.717) is 0 Å². The molecule has 0 amide bonds. The smallest absolute Gasteiger partial charge is 0.191 e. The minimum Gasteiger partial charge on any atom is -0.356 e. The van der Waals surface area contributed by atoms with Crippen LogP contribution >= 0.6 is 35.7 Å². The highest BCUT2D eigenvalue weighted by molar-refractivity contribution is 14.0. The fraction of sp³-hybridized carbons (Fsp3) is 0.923. The Morgan fingerprint density at radius 2 is 1.74 bits per heavy atom. The number of thioether (sulfide) groups is 1. The first kappa shape index (κ1) is 21.6. The molecule has 0 saturated carbocycles. The Kier molecular flexibility index (Phi) is 18.6. The van der Waals surface area contributed by atoms with Crippen LogP contribution in [0.5, 0.6) is 0 Å². The highest BCUT2D eigenvalue weighted by Gasteiger charge is 1.99. The van der Waals surface area contributed by atoms with Crippen LogP contribution in [-0.2, 0) is 0 Å². The Balaban J connectivity index is 0. The summed E-state index contributed by atoms with van der Waals surface area (Å²) in [5, 5.41) is 6.65. The Hall–Kier alpha value is 0.310. The highest BCUT2D eigenvalue weighted by Crippen LogP contribution is 1.94. The molecule has 2 N–H and O–H groups in total. The van der Waals surface area contributed by atoms with Crippen molar-refractivity contribution in [3.8, 4) is 0 Å². The molecule has 0 heterocycles. The predicted octanol–water partition coefficient (Wildman–Crippen LogP) is 2.25. The van der Waals surface area contributed by atoms with Crippen molar-refractivity contribution in [2.75, 3.05) is 51.8 Å². The summed E-state index contributed by atoms with van der Waals surface area (Å²) in [5.74, 6) is 2.04. The van der Waals surface area contributed by atoms with E-state index in [-0.39, 0.29) is 24.0 Å². The average molecular weight is 402 g/mol. The first-order chi connectivity index (χ1) is 8.78. The third-order valence-electron chi connectivity index (χ3n) is 2.91. The maximum atomic E-state index is 4.20. The minimum absolute atomic E-state index is 0. The zero-order valence-electron chi connectivity index (χ0n) is 12.9. The summed E-state index contributed by atoms with van der Waals surface area (Å²) in [5.41, 5.74) is 0. The van der Waals surface area contributed by atoms with Gasteiger partial charge < -0.3 is 15.5 Å². The molecule has 0 saturated heterocycles. The maximum Gasteiger partial charge on any atom is 0.191 e. The third-order valence-corrected chi connectivity index (χ3v) is 3.52. The van der Waals surface area contributed by atoms with Crippen molar-refractivity contribution in [3.63, 3.8) is 0 Å². The van der Waals surface area contributed by atoms with Gasteiger partial charge in [-0.05, 0) is 38.7 Å². The first-order valence-electron chi connectivity index (χ1n) is 6.94. The average Bonchev–Trinajstić information content (AvgIpc) is 2.41. The van der Waals surface area contributed by atoms with Crippen LogP contribution in [0.3, 0.4) is 0 Å². The topological polar surface area (TPSA) is 39.7 Å². The summed E-state index contributed by atoms with van der Waals surface area (Å²) in [6.07, 6.45) is 4.56. The quantitative estimate of drug-likeness (QED) is 0.255. The van der Waals surface area contributed by atoms with Crippen LogP contribution in [0.4, 0.5) is 0 Å². The Labute approximate surface area is 140 Å². The molecule has 0 spiro atoms. The zero-order valence-corrected chi connectivity index (χ0v) is 16.0. The molecule has 0 aliphatic heterocycles. The molecule has 116 valence electrons. The van der Waals surface area contributed by atoms with E-state index in [9.17, 15) is 0 Å². The molecular weight excluding hydrogens is 371 g/mol. The number of rotatable bonds is 10. The molecule has 0 aliphatic rings. The maximum absolute atomic E-state index is 4.20. The van der Waals surface area contributed by atoms with E-state index in [1.165, 1.54) is 19.4 Å². The molecule has 0 bridgehead atoms. The van der Waals surface area contributed by atoms with Crippen molar-refractivity contribution in [1.29, 1.82) is 0 Å². The predicted molar refractivity (Wildman–Crippen MR) is 100 cm³/mol. The Morgan fingerprint density at radius 1 is 1.11 bits per heavy atom. The molecule has 0 unspecified atom stereocenters. The number of hydrogen-bond acceptors (Lipinski definition) is 3. The van der Waals surface area contributed by atoms with Gasteiger partial charge in [0.2, 0.25) is 0 Å². The lowest BCUT2D eigenvalue weighted by atomic mass is 10.3. The first-order valence-corrected chi connectivity index (χ1v) is 8.33. The lowest BCUT2D eigenvalue weighted by Crippen LogP contribution is -2.39. The highest BCUT2D eigenvalue weighted by atomic mass is 127. The molecule has 0 aromatic rings. The summed E-state index contributed by atoms with van der Waals surface area (Å²) >= 11 is 1.84. The van der Waals surface area contributed by atoms with E-state index >= 15 is 0 Å². The van der Waals surface area contributed by atoms with Gasteiger partial charge in [0.05, 0.1) is 0 Å². The SMILES string of the molecule is CCN(CC)CCCCNC(=NC)NCCSC.I. The van der Waals surface area contributed by atoms with Gasteiger partial charge in [0.25, 0.3) is 0 Å². The van der Waals surface area contributed by atoms with Crippen molar-refractivity contribution in [2.24, 2.45) is 4.99 Å². The number of unbranched alkanes of at least 4 members (excludes halogenated alkanes) is 1. The molecule has 19 heavy (non-hydrogen) atoms. The van der Waals surface area contributed by atoms with Crippen LogP contribution < -0.4 is 10.6 Å². The van der Waals surface area contributed by atoms with Gasteiger partial charge in [-0.2, -0.15) is 11.8 Å². The van der Waals surface area contributed by atoms with Gasteiger partial charge in [0.15, 0.2) is 5.96 Å². The van der Waals surface area contributed by atoms with E-state index in [1.54, 1.807) is 0 Å². The van der Waals surface area contributed by atoms with E-state index in [0.717, 1.165) is 37.9 Å². The van der Waals surface area contributed by atoms with Gasteiger partial charge in [-0.15, -0.1) is 24.0 Å². The molecular formula is C13H31IN4S. The number of guanidine groups is 1. The molecule has 0 aromatic heterocycles. The fourth-order valence-electron chi connectivity index (χ4n) is 1.70. The summed E-state index contributed by atoms with van der Waals surface area (Å²) in [4.78, 5) is 6.66. The van der Waals surface area contributed by atoms with E-state index in [1.807, 2.05) is 18.8 Å². The molecule has 0 radical (unpaired) electrons. The summed E-state index contributed by atoms with van der Waals surface area (Å²) in [6, 6.07) is 0. The molecule has 0 rings (SSSR count). The molecule has 0 atom stereocenters. The van der Waals surface area contributed by atoms with Crippen molar-refractivity contribution in [2.45, 2.75) is 26.7 Å². The van der Waals surface area contributed by atoms with Crippen LogP contribution in [0.15, 0.2) is 4.99 Å². The Morgan fingerprint density at radius 3 is 2.26 bits per heavy atom. The van der Waals surface area contributed by atoms with Crippen LogP contribution in [0.1, 0.15) is 26.7 Å². The second-order valence-corrected chi connectivity index (χ2v) is 5.14. The summed E-state index contributed by atoms with van der Waals surface area (Å²) < 4.78 is 0. The van der Waals surface area contributed by atoms with Crippen LogP contribution in [0, 0.1) is 0 Å². The number of aliphatic imine (C=N–C) groups is 1. The number of halogens is 1. The van der Waals surface area contributed by atoms with Gasteiger partial charge in [-0.1, -0.05) is 13.8 Å². The molecule has 4 nitrogen and oxygen atoms in total.